The van der Waals surface area contributed by atoms with E-state index in [1.165, 1.54) is 6.42 Å². The SMILES string of the molecule is CC(C)(NC(=O)c1ccc2c(=O)c3ccccc3[nH]c2c1)c1ccc(N2CCC2)nc1. The summed E-state index contributed by atoms with van der Waals surface area (Å²) >= 11 is 0. The van der Waals surface area contributed by atoms with Crippen LogP contribution in [0.3, 0.4) is 0 Å². The van der Waals surface area contributed by atoms with Gasteiger partial charge >= 0.3 is 0 Å². The number of para-hydroxylation sites is 1. The molecule has 4 aromatic rings. The van der Waals surface area contributed by atoms with Crippen LogP contribution in [0.5, 0.6) is 0 Å². The molecule has 1 aliphatic heterocycles. The Kier molecular flexibility index (Phi) is 4.50. The van der Waals surface area contributed by atoms with Crippen molar-refractivity contribution in [3.05, 3.63) is 82.1 Å². The molecule has 0 atom stereocenters. The van der Waals surface area contributed by atoms with E-state index in [0.717, 1.165) is 30.0 Å². The summed E-state index contributed by atoms with van der Waals surface area (Å²) in [4.78, 5) is 35.8. The number of nitrogens with one attached hydrogen (secondary N) is 2. The number of carbonyl (C=O) groups excluding carboxylic acids is 1. The van der Waals surface area contributed by atoms with Crippen molar-refractivity contribution in [1.82, 2.24) is 15.3 Å². The molecule has 3 heterocycles. The van der Waals surface area contributed by atoms with E-state index in [2.05, 4.69) is 20.2 Å². The Morgan fingerprint density at radius 2 is 1.81 bits per heavy atom. The predicted molar refractivity (Wildman–Crippen MR) is 124 cm³/mol. The standard InChI is InChI=1S/C25H24N4O2/c1-25(2,17-9-11-22(26-15-17)29-12-5-13-29)28-24(31)16-8-10-19-21(14-16)27-20-7-4-3-6-18(20)23(19)30/h3-4,6-11,14-15H,5,12-13H2,1-2H3,(H,27,30)(H,28,31). The number of rotatable bonds is 4. The molecule has 2 aromatic carbocycles. The number of anilines is 1. The number of pyridine rings is 2. The molecule has 2 N–H and O–H groups in total. The molecule has 0 unspecified atom stereocenters. The Balaban J connectivity index is 1.42. The summed E-state index contributed by atoms with van der Waals surface area (Å²) in [7, 11) is 0. The van der Waals surface area contributed by atoms with Crippen molar-refractivity contribution >= 4 is 33.5 Å². The number of hydrogen-bond donors (Lipinski definition) is 2. The van der Waals surface area contributed by atoms with Gasteiger partial charge in [0.1, 0.15) is 5.82 Å². The molecular formula is C25H24N4O2. The van der Waals surface area contributed by atoms with E-state index in [1.807, 2.05) is 50.4 Å². The average Bonchev–Trinajstić information content (AvgIpc) is 2.72. The van der Waals surface area contributed by atoms with Crippen molar-refractivity contribution in [3.63, 3.8) is 0 Å². The Bertz CT molecular complexity index is 1350. The van der Waals surface area contributed by atoms with Crippen LogP contribution in [0.25, 0.3) is 21.8 Å². The smallest absolute Gasteiger partial charge is 0.252 e. The molecule has 2 aromatic heterocycles. The first-order valence-corrected chi connectivity index (χ1v) is 10.5. The van der Waals surface area contributed by atoms with Crippen molar-refractivity contribution in [2.24, 2.45) is 0 Å². The van der Waals surface area contributed by atoms with E-state index >= 15 is 0 Å². The Morgan fingerprint density at radius 3 is 2.52 bits per heavy atom. The largest absolute Gasteiger partial charge is 0.356 e. The van der Waals surface area contributed by atoms with Crippen LogP contribution in [0.15, 0.2) is 65.6 Å². The van der Waals surface area contributed by atoms with Crippen LogP contribution in [0.2, 0.25) is 0 Å². The summed E-state index contributed by atoms with van der Waals surface area (Å²) < 4.78 is 0. The van der Waals surface area contributed by atoms with E-state index in [-0.39, 0.29) is 11.3 Å². The van der Waals surface area contributed by atoms with Crippen molar-refractivity contribution in [1.29, 1.82) is 0 Å². The quantitative estimate of drug-likeness (QED) is 0.498. The number of aromatic nitrogens is 2. The van der Waals surface area contributed by atoms with Crippen molar-refractivity contribution in [3.8, 4) is 0 Å². The molecule has 0 spiro atoms. The number of aromatic amines is 1. The molecule has 156 valence electrons. The average molecular weight is 412 g/mol. The van der Waals surface area contributed by atoms with Gasteiger partial charge in [-0.05, 0) is 62.2 Å². The zero-order chi connectivity index (χ0) is 21.6. The fourth-order valence-electron chi connectivity index (χ4n) is 3.98. The molecule has 1 aliphatic rings. The molecular weight excluding hydrogens is 388 g/mol. The number of carbonyl (C=O) groups is 1. The predicted octanol–water partition coefficient (Wildman–Crippen LogP) is 3.95. The number of benzene rings is 2. The third-order valence-electron chi connectivity index (χ3n) is 6.04. The van der Waals surface area contributed by atoms with Gasteiger partial charge in [0.25, 0.3) is 5.91 Å². The van der Waals surface area contributed by atoms with E-state index < -0.39 is 5.54 Å². The monoisotopic (exact) mass is 412 g/mol. The van der Waals surface area contributed by atoms with E-state index in [1.54, 1.807) is 24.3 Å². The highest BCUT2D eigenvalue weighted by Gasteiger charge is 2.25. The number of nitrogens with zero attached hydrogens (tertiary/aromatic N) is 2. The van der Waals surface area contributed by atoms with Crippen LogP contribution in [-0.4, -0.2) is 29.0 Å². The van der Waals surface area contributed by atoms with Crippen LogP contribution in [0.1, 0.15) is 36.2 Å². The fraction of sp³-hybridized carbons (Fsp3) is 0.240. The molecule has 0 saturated carbocycles. The Hall–Kier alpha value is -3.67. The molecule has 1 fully saturated rings. The second-order valence-corrected chi connectivity index (χ2v) is 8.58. The normalized spacial score (nSPS) is 13.9. The van der Waals surface area contributed by atoms with Gasteiger partial charge in [0.15, 0.2) is 5.43 Å². The zero-order valence-corrected chi connectivity index (χ0v) is 17.6. The van der Waals surface area contributed by atoms with Crippen molar-refractivity contribution in [2.75, 3.05) is 18.0 Å². The van der Waals surface area contributed by atoms with Crippen molar-refractivity contribution < 1.29 is 4.79 Å². The van der Waals surface area contributed by atoms with Gasteiger partial charge in [-0.25, -0.2) is 4.98 Å². The molecule has 0 radical (unpaired) electrons. The van der Waals surface area contributed by atoms with Crippen LogP contribution in [0.4, 0.5) is 5.82 Å². The van der Waals surface area contributed by atoms with Gasteiger partial charge in [0.05, 0.1) is 11.1 Å². The molecule has 0 aliphatic carbocycles. The van der Waals surface area contributed by atoms with Crippen molar-refractivity contribution in [2.45, 2.75) is 25.8 Å². The zero-order valence-electron chi connectivity index (χ0n) is 17.6. The summed E-state index contributed by atoms with van der Waals surface area (Å²) in [6, 6.07) is 16.6. The number of hydrogen-bond acceptors (Lipinski definition) is 4. The summed E-state index contributed by atoms with van der Waals surface area (Å²) in [5.41, 5.74) is 2.21. The summed E-state index contributed by atoms with van der Waals surface area (Å²) in [5.74, 6) is 0.774. The lowest BCUT2D eigenvalue weighted by Crippen LogP contribution is -2.41. The van der Waals surface area contributed by atoms with Gasteiger partial charge in [0, 0.05) is 41.1 Å². The Labute approximate surface area is 179 Å². The van der Waals surface area contributed by atoms with Gasteiger partial charge < -0.3 is 15.2 Å². The minimum absolute atomic E-state index is 0.0370. The Morgan fingerprint density at radius 1 is 1.03 bits per heavy atom. The molecule has 6 heteroatoms. The van der Waals surface area contributed by atoms with Gasteiger partial charge in [-0.15, -0.1) is 0 Å². The molecule has 1 amide bonds. The highest BCUT2D eigenvalue weighted by Crippen LogP contribution is 2.24. The molecule has 6 nitrogen and oxygen atoms in total. The minimum Gasteiger partial charge on any atom is -0.356 e. The third kappa shape index (κ3) is 3.44. The molecule has 0 bridgehead atoms. The van der Waals surface area contributed by atoms with Gasteiger partial charge in [-0.2, -0.15) is 0 Å². The summed E-state index contributed by atoms with van der Waals surface area (Å²) in [6.07, 6.45) is 3.04. The number of fused-ring (bicyclic) bond motifs is 2. The van der Waals surface area contributed by atoms with Crippen LogP contribution in [0, 0.1) is 0 Å². The lowest BCUT2D eigenvalue weighted by Gasteiger charge is -2.33. The first-order valence-electron chi connectivity index (χ1n) is 10.5. The summed E-state index contributed by atoms with van der Waals surface area (Å²) in [6.45, 7) is 6.01. The lowest BCUT2D eigenvalue weighted by atomic mass is 9.95. The topological polar surface area (TPSA) is 78.1 Å². The van der Waals surface area contributed by atoms with Gasteiger partial charge in [0.2, 0.25) is 0 Å². The van der Waals surface area contributed by atoms with E-state index in [0.29, 0.717) is 21.9 Å². The van der Waals surface area contributed by atoms with Crippen LogP contribution < -0.4 is 15.6 Å². The van der Waals surface area contributed by atoms with Crippen LogP contribution >= 0.6 is 0 Å². The molecule has 1 saturated heterocycles. The maximum Gasteiger partial charge on any atom is 0.252 e. The summed E-state index contributed by atoms with van der Waals surface area (Å²) in [5, 5.41) is 4.31. The maximum atomic E-state index is 13.0. The number of H-pyrrole nitrogens is 1. The second-order valence-electron chi connectivity index (χ2n) is 8.58. The fourth-order valence-corrected chi connectivity index (χ4v) is 3.98. The maximum absolute atomic E-state index is 13.0. The highest BCUT2D eigenvalue weighted by atomic mass is 16.1. The third-order valence-corrected chi connectivity index (χ3v) is 6.04. The van der Waals surface area contributed by atoms with E-state index in [4.69, 9.17) is 0 Å². The van der Waals surface area contributed by atoms with Gasteiger partial charge in [-0.1, -0.05) is 18.2 Å². The lowest BCUT2D eigenvalue weighted by molar-refractivity contribution is 0.0912. The highest BCUT2D eigenvalue weighted by molar-refractivity contribution is 6.00. The second kappa shape index (κ2) is 7.23. The number of amides is 1. The minimum atomic E-state index is -0.594. The van der Waals surface area contributed by atoms with Crippen LogP contribution in [-0.2, 0) is 5.54 Å². The molecule has 5 rings (SSSR count). The molecule has 31 heavy (non-hydrogen) atoms. The first-order chi connectivity index (χ1) is 14.9. The first kappa shape index (κ1) is 19.3. The van der Waals surface area contributed by atoms with E-state index in [9.17, 15) is 9.59 Å². The van der Waals surface area contributed by atoms with Gasteiger partial charge in [-0.3, -0.25) is 9.59 Å².